The Morgan fingerprint density at radius 2 is 2.20 bits per heavy atom. The summed E-state index contributed by atoms with van der Waals surface area (Å²) in [5, 5.41) is 9.91. The van der Waals surface area contributed by atoms with Crippen molar-refractivity contribution in [1.29, 1.82) is 0 Å². The molecule has 1 saturated heterocycles. The maximum atomic E-state index is 11.5. The first-order valence-electron chi connectivity index (χ1n) is 6.49. The fourth-order valence-corrected chi connectivity index (χ4v) is 2.60. The molecule has 1 heterocycles. The summed E-state index contributed by atoms with van der Waals surface area (Å²) in [7, 11) is 1.55. The van der Waals surface area contributed by atoms with Crippen LogP contribution in [0.1, 0.15) is 5.56 Å². The van der Waals surface area contributed by atoms with E-state index < -0.39 is 12.0 Å². The van der Waals surface area contributed by atoms with E-state index >= 15 is 0 Å². The van der Waals surface area contributed by atoms with Crippen LogP contribution >= 0.6 is 11.6 Å². The molecule has 1 fully saturated rings. The largest absolute Gasteiger partial charge is 0.495 e. The van der Waals surface area contributed by atoms with Crippen LogP contribution in [0.25, 0.3) is 0 Å². The molecule has 1 atom stereocenters. The van der Waals surface area contributed by atoms with Gasteiger partial charge in [0.05, 0.1) is 25.3 Å². The fraction of sp³-hybridized carbons (Fsp3) is 0.500. The van der Waals surface area contributed by atoms with Crippen molar-refractivity contribution < 1.29 is 19.4 Å². The number of halogens is 1. The number of hydrogen-bond donors (Lipinski definition) is 1. The van der Waals surface area contributed by atoms with Crippen LogP contribution in [-0.2, 0) is 16.0 Å². The van der Waals surface area contributed by atoms with E-state index in [1.807, 2.05) is 11.0 Å². The van der Waals surface area contributed by atoms with Crippen LogP contribution in [0.2, 0.25) is 5.02 Å². The van der Waals surface area contributed by atoms with Crippen LogP contribution in [0.3, 0.4) is 0 Å². The van der Waals surface area contributed by atoms with Gasteiger partial charge >= 0.3 is 5.97 Å². The van der Waals surface area contributed by atoms with Crippen molar-refractivity contribution in [3.8, 4) is 5.75 Å². The zero-order valence-electron chi connectivity index (χ0n) is 11.3. The number of rotatable bonds is 5. The normalized spacial score (nSPS) is 17.7. The second-order valence-electron chi connectivity index (χ2n) is 4.68. The van der Waals surface area contributed by atoms with Gasteiger partial charge in [-0.1, -0.05) is 17.7 Å². The number of ether oxygens (including phenoxy) is 2. The van der Waals surface area contributed by atoms with Crippen molar-refractivity contribution in [2.75, 3.05) is 33.4 Å². The third kappa shape index (κ3) is 3.62. The summed E-state index contributed by atoms with van der Waals surface area (Å²) >= 11 is 6.07. The standard InChI is InChI=1S/C14H18ClNO4/c1-19-13-3-2-10(8-11(13)15)9-12(14(17)18)16-4-6-20-7-5-16/h2-3,8,12H,4-7,9H2,1H3,(H,17,18)/t12-/m0/s1. The number of carboxylic acids is 1. The van der Waals surface area contributed by atoms with Crippen LogP contribution in [0, 0.1) is 0 Å². The molecule has 1 aliphatic rings. The summed E-state index contributed by atoms with van der Waals surface area (Å²) in [5.41, 5.74) is 0.884. The number of carboxylic acid groups (broad SMARTS) is 1. The first-order chi connectivity index (χ1) is 9.61. The molecule has 1 aliphatic heterocycles. The molecular formula is C14H18ClNO4. The number of benzene rings is 1. The topological polar surface area (TPSA) is 59.0 Å². The molecule has 0 unspecified atom stereocenters. The average Bonchev–Trinajstić information content (AvgIpc) is 2.45. The highest BCUT2D eigenvalue weighted by molar-refractivity contribution is 6.32. The maximum absolute atomic E-state index is 11.5. The summed E-state index contributed by atoms with van der Waals surface area (Å²) in [6.45, 7) is 2.43. The van der Waals surface area contributed by atoms with E-state index in [1.54, 1.807) is 19.2 Å². The predicted molar refractivity (Wildman–Crippen MR) is 75.5 cm³/mol. The van der Waals surface area contributed by atoms with Crippen molar-refractivity contribution in [2.24, 2.45) is 0 Å². The van der Waals surface area contributed by atoms with Crippen LogP contribution in [0.15, 0.2) is 18.2 Å². The maximum Gasteiger partial charge on any atom is 0.321 e. The second kappa shape index (κ2) is 6.92. The van der Waals surface area contributed by atoms with Crippen LogP contribution in [0.5, 0.6) is 5.75 Å². The lowest BCUT2D eigenvalue weighted by atomic mass is 10.0. The molecule has 5 nitrogen and oxygen atoms in total. The molecule has 0 saturated carbocycles. The monoisotopic (exact) mass is 299 g/mol. The van der Waals surface area contributed by atoms with E-state index in [0.717, 1.165) is 5.56 Å². The van der Waals surface area contributed by atoms with Gasteiger partial charge in [-0.05, 0) is 24.1 Å². The molecule has 20 heavy (non-hydrogen) atoms. The van der Waals surface area contributed by atoms with E-state index in [1.165, 1.54) is 0 Å². The molecule has 0 aliphatic carbocycles. The summed E-state index contributed by atoms with van der Waals surface area (Å²) in [6.07, 6.45) is 0.416. The van der Waals surface area contributed by atoms with Gasteiger partial charge in [0, 0.05) is 13.1 Å². The van der Waals surface area contributed by atoms with Crippen molar-refractivity contribution >= 4 is 17.6 Å². The Kier molecular flexibility index (Phi) is 5.23. The molecule has 2 rings (SSSR count). The number of methoxy groups -OCH3 is 1. The Morgan fingerprint density at radius 3 is 2.75 bits per heavy atom. The smallest absolute Gasteiger partial charge is 0.321 e. The average molecular weight is 300 g/mol. The lowest BCUT2D eigenvalue weighted by Gasteiger charge is -2.32. The lowest BCUT2D eigenvalue weighted by Crippen LogP contribution is -2.48. The summed E-state index contributed by atoms with van der Waals surface area (Å²) in [5.74, 6) is -0.229. The van der Waals surface area contributed by atoms with Crippen molar-refractivity contribution in [2.45, 2.75) is 12.5 Å². The van der Waals surface area contributed by atoms with Gasteiger partial charge in [-0.2, -0.15) is 0 Å². The van der Waals surface area contributed by atoms with Gasteiger partial charge in [0.15, 0.2) is 0 Å². The second-order valence-corrected chi connectivity index (χ2v) is 5.08. The first-order valence-corrected chi connectivity index (χ1v) is 6.86. The Morgan fingerprint density at radius 1 is 1.50 bits per heavy atom. The minimum Gasteiger partial charge on any atom is -0.495 e. The van der Waals surface area contributed by atoms with Crippen molar-refractivity contribution in [3.05, 3.63) is 28.8 Å². The SMILES string of the molecule is COc1ccc(C[C@@H](C(=O)O)N2CCOCC2)cc1Cl. The van der Waals surface area contributed by atoms with Gasteiger partial charge in [-0.3, -0.25) is 9.69 Å². The minimum atomic E-state index is -0.821. The van der Waals surface area contributed by atoms with Gasteiger partial charge in [-0.15, -0.1) is 0 Å². The third-order valence-corrected chi connectivity index (χ3v) is 3.71. The van der Waals surface area contributed by atoms with E-state index in [0.29, 0.717) is 43.5 Å². The Bertz CT molecular complexity index is 474. The van der Waals surface area contributed by atoms with Crippen LogP contribution in [0.4, 0.5) is 0 Å². The molecule has 0 radical (unpaired) electrons. The number of aliphatic carboxylic acids is 1. The molecule has 1 aromatic carbocycles. The molecule has 1 aromatic rings. The van der Waals surface area contributed by atoms with Crippen LogP contribution in [-0.4, -0.2) is 55.4 Å². The number of hydrogen-bond acceptors (Lipinski definition) is 4. The van der Waals surface area contributed by atoms with E-state index in [9.17, 15) is 9.90 Å². The van der Waals surface area contributed by atoms with Gasteiger partial charge in [0.1, 0.15) is 11.8 Å². The quantitative estimate of drug-likeness (QED) is 0.896. The Balaban J connectivity index is 2.11. The first kappa shape index (κ1) is 15.1. The molecule has 1 N–H and O–H groups in total. The molecule has 0 aromatic heterocycles. The highest BCUT2D eigenvalue weighted by atomic mass is 35.5. The van der Waals surface area contributed by atoms with E-state index in [-0.39, 0.29) is 0 Å². The molecule has 6 heteroatoms. The van der Waals surface area contributed by atoms with Gasteiger partial charge < -0.3 is 14.6 Å². The lowest BCUT2D eigenvalue weighted by molar-refractivity contribution is -0.145. The number of morpholine rings is 1. The number of carbonyl (C=O) groups is 1. The summed E-state index contributed by atoms with van der Waals surface area (Å²) in [6, 6.07) is 4.82. The highest BCUT2D eigenvalue weighted by Crippen LogP contribution is 2.26. The zero-order valence-corrected chi connectivity index (χ0v) is 12.1. The van der Waals surface area contributed by atoms with Crippen molar-refractivity contribution in [1.82, 2.24) is 4.90 Å². The van der Waals surface area contributed by atoms with Gasteiger partial charge in [0.2, 0.25) is 0 Å². The minimum absolute atomic E-state index is 0.416. The van der Waals surface area contributed by atoms with Gasteiger partial charge in [0.25, 0.3) is 0 Å². The van der Waals surface area contributed by atoms with Crippen LogP contribution < -0.4 is 4.74 Å². The highest BCUT2D eigenvalue weighted by Gasteiger charge is 2.27. The third-order valence-electron chi connectivity index (χ3n) is 3.42. The molecule has 0 amide bonds. The zero-order chi connectivity index (χ0) is 14.5. The fourth-order valence-electron chi connectivity index (χ4n) is 2.32. The Hall–Kier alpha value is -1.30. The number of nitrogens with zero attached hydrogens (tertiary/aromatic N) is 1. The van der Waals surface area contributed by atoms with Crippen molar-refractivity contribution in [3.63, 3.8) is 0 Å². The Labute approximate surface area is 123 Å². The molecule has 110 valence electrons. The molecule has 0 spiro atoms. The van der Waals surface area contributed by atoms with E-state index in [2.05, 4.69) is 0 Å². The summed E-state index contributed by atoms with van der Waals surface area (Å²) in [4.78, 5) is 13.4. The predicted octanol–water partition coefficient (Wildman–Crippen LogP) is 1.68. The van der Waals surface area contributed by atoms with Gasteiger partial charge in [-0.25, -0.2) is 0 Å². The molecule has 0 bridgehead atoms. The van der Waals surface area contributed by atoms with E-state index in [4.69, 9.17) is 21.1 Å². The summed E-state index contributed by atoms with van der Waals surface area (Å²) < 4.78 is 10.4. The molecular weight excluding hydrogens is 282 g/mol.